The summed E-state index contributed by atoms with van der Waals surface area (Å²) in [5.74, 6) is -1.25. The predicted molar refractivity (Wildman–Crippen MR) is 168 cm³/mol. The number of aliphatic carboxylic acids is 1. The molecule has 0 aromatic heterocycles. The van der Waals surface area contributed by atoms with Crippen molar-refractivity contribution in [3.05, 3.63) is 59.2 Å². The molecule has 2 fully saturated rings. The number of hydrogen-bond donors (Lipinski definition) is 2. The summed E-state index contributed by atoms with van der Waals surface area (Å²) in [4.78, 5) is 28.1. The van der Waals surface area contributed by atoms with Crippen molar-refractivity contribution in [2.75, 3.05) is 12.0 Å². The second-order valence-corrected chi connectivity index (χ2v) is 14.8. The topological polar surface area (TPSA) is 104 Å². The Morgan fingerprint density at radius 2 is 1.71 bits per heavy atom. The lowest BCUT2D eigenvalue weighted by Crippen LogP contribution is -2.42. The van der Waals surface area contributed by atoms with E-state index >= 15 is 0 Å². The quantitative estimate of drug-likeness (QED) is 0.278. The Morgan fingerprint density at radius 3 is 2.38 bits per heavy atom. The third-order valence-corrected chi connectivity index (χ3v) is 10.2. The summed E-state index contributed by atoms with van der Waals surface area (Å²) in [6.45, 7) is 5.10. The maximum absolute atomic E-state index is 13.5. The van der Waals surface area contributed by atoms with Crippen LogP contribution in [-0.4, -0.2) is 60.4 Å². The van der Waals surface area contributed by atoms with E-state index in [1.165, 1.54) is 57.8 Å². The zero-order valence-corrected chi connectivity index (χ0v) is 26.3. The Labute approximate surface area is 252 Å². The molecule has 3 atom stereocenters. The molecule has 7 nitrogen and oxygen atoms in total. The van der Waals surface area contributed by atoms with Crippen molar-refractivity contribution in [2.24, 2.45) is 5.92 Å². The Kier molecular flexibility index (Phi) is 11.2. The standard InChI is InChI=1S/C34H48N2O5S/c1-4-10-27-16-17-28(21-25-12-6-5-7-13-25)36(27)23-26-15-18-30(31(22-26)29-14-9-8-11-24(29)2)33(37)35-32(34(38)39)19-20-42(3,40)41/h8-9,11,14-15,18,22,25,27-28,32H,4-7,10,12-13,16-17,19-21,23H2,1-3H3,(H,35,37)(H,38,39)/t27-,28?,32?/m0/s1. The fourth-order valence-corrected chi connectivity index (χ4v) is 7.66. The van der Waals surface area contributed by atoms with E-state index in [1.54, 1.807) is 0 Å². The van der Waals surface area contributed by atoms with Gasteiger partial charge in [-0.05, 0) is 79.3 Å². The summed E-state index contributed by atoms with van der Waals surface area (Å²) < 4.78 is 23.3. The van der Waals surface area contributed by atoms with Crippen LogP contribution in [0.25, 0.3) is 11.1 Å². The lowest BCUT2D eigenvalue weighted by atomic mass is 9.84. The van der Waals surface area contributed by atoms with Crippen molar-refractivity contribution in [1.82, 2.24) is 10.2 Å². The van der Waals surface area contributed by atoms with Gasteiger partial charge in [0.15, 0.2) is 0 Å². The van der Waals surface area contributed by atoms with Crippen molar-refractivity contribution in [3.63, 3.8) is 0 Å². The van der Waals surface area contributed by atoms with Crippen LogP contribution < -0.4 is 5.32 Å². The zero-order valence-electron chi connectivity index (χ0n) is 25.5. The molecule has 1 heterocycles. The molecule has 1 aliphatic carbocycles. The summed E-state index contributed by atoms with van der Waals surface area (Å²) in [6, 6.07) is 13.7. The lowest BCUT2D eigenvalue weighted by Gasteiger charge is -2.34. The Balaban J connectivity index is 1.62. The van der Waals surface area contributed by atoms with Crippen LogP contribution >= 0.6 is 0 Å². The van der Waals surface area contributed by atoms with Crippen LogP contribution in [0.2, 0.25) is 0 Å². The first-order valence-corrected chi connectivity index (χ1v) is 17.8. The van der Waals surface area contributed by atoms with Crippen molar-refractivity contribution >= 4 is 21.7 Å². The van der Waals surface area contributed by atoms with E-state index in [0.717, 1.165) is 47.4 Å². The molecule has 0 spiro atoms. The molecule has 2 aromatic rings. The van der Waals surface area contributed by atoms with Gasteiger partial charge in [-0.3, -0.25) is 9.69 Å². The van der Waals surface area contributed by atoms with E-state index in [2.05, 4.69) is 23.2 Å². The maximum Gasteiger partial charge on any atom is 0.326 e. The molecule has 2 unspecified atom stereocenters. The van der Waals surface area contributed by atoms with E-state index in [1.807, 2.05) is 43.3 Å². The van der Waals surface area contributed by atoms with Crippen molar-refractivity contribution in [3.8, 4) is 11.1 Å². The van der Waals surface area contributed by atoms with E-state index in [9.17, 15) is 23.1 Å². The van der Waals surface area contributed by atoms with Crippen LogP contribution in [-0.2, 0) is 21.2 Å². The molecule has 1 amide bonds. The first kappa shape index (κ1) is 32.2. The summed E-state index contributed by atoms with van der Waals surface area (Å²) >= 11 is 0. The number of likely N-dealkylation sites (tertiary alicyclic amines) is 1. The Morgan fingerprint density at radius 1 is 1.00 bits per heavy atom. The minimum atomic E-state index is -3.37. The first-order valence-electron chi connectivity index (χ1n) is 15.7. The van der Waals surface area contributed by atoms with Gasteiger partial charge in [0, 0.05) is 30.4 Å². The number of carboxylic acids is 1. The van der Waals surface area contributed by atoms with E-state index in [-0.39, 0.29) is 12.2 Å². The van der Waals surface area contributed by atoms with Gasteiger partial charge >= 0.3 is 5.97 Å². The smallest absolute Gasteiger partial charge is 0.326 e. The van der Waals surface area contributed by atoms with Gasteiger partial charge in [0.25, 0.3) is 5.91 Å². The molecule has 2 N–H and O–H groups in total. The average molecular weight is 597 g/mol. The number of nitrogens with zero attached hydrogens (tertiary/aromatic N) is 1. The minimum Gasteiger partial charge on any atom is -0.480 e. The third-order valence-electron chi connectivity index (χ3n) is 9.23. The number of nitrogens with one attached hydrogen (secondary N) is 1. The molecule has 0 bridgehead atoms. The number of benzene rings is 2. The molecular weight excluding hydrogens is 548 g/mol. The first-order chi connectivity index (χ1) is 20.1. The van der Waals surface area contributed by atoms with Crippen LogP contribution in [0.4, 0.5) is 0 Å². The summed E-state index contributed by atoms with van der Waals surface area (Å²) in [5.41, 5.74) is 4.26. The Bertz CT molecular complexity index is 1340. The molecule has 2 aromatic carbocycles. The molecule has 8 heteroatoms. The number of hydrogen-bond acceptors (Lipinski definition) is 5. The number of carboxylic acid groups (broad SMARTS) is 1. The SMILES string of the molecule is CCC[C@H]1CCC(CC2CCCCC2)N1Cc1ccc(C(=O)NC(CCS(C)(=O)=O)C(=O)O)c(-c2ccccc2C)c1. The number of rotatable bonds is 13. The molecule has 1 saturated carbocycles. The molecule has 1 aliphatic heterocycles. The van der Waals surface area contributed by atoms with E-state index < -0.39 is 27.8 Å². The average Bonchev–Trinajstić information content (AvgIpc) is 3.31. The monoisotopic (exact) mass is 596 g/mol. The van der Waals surface area contributed by atoms with Crippen LogP contribution in [0.15, 0.2) is 42.5 Å². The van der Waals surface area contributed by atoms with Gasteiger partial charge in [0.2, 0.25) is 0 Å². The highest BCUT2D eigenvalue weighted by Crippen LogP contribution is 2.37. The molecular formula is C34H48N2O5S. The van der Waals surface area contributed by atoms with Gasteiger partial charge in [0.1, 0.15) is 15.9 Å². The Hall–Kier alpha value is -2.71. The summed E-state index contributed by atoms with van der Waals surface area (Å²) in [7, 11) is -3.37. The molecule has 0 radical (unpaired) electrons. The fraction of sp³-hybridized carbons (Fsp3) is 0.588. The number of amides is 1. The third kappa shape index (κ3) is 8.66. The fourth-order valence-electron chi connectivity index (χ4n) is 7.00. The van der Waals surface area contributed by atoms with Crippen LogP contribution in [0.1, 0.15) is 99.0 Å². The number of carbonyl (C=O) groups is 2. The van der Waals surface area contributed by atoms with Gasteiger partial charge in [-0.25, -0.2) is 13.2 Å². The number of carbonyl (C=O) groups excluding carboxylic acids is 1. The van der Waals surface area contributed by atoms with Gasteiger partial charge < -0.3 is 10.4 Å². The minimum absolute atomic E-state index is 0.187. The normalized spacial score (nSPS) is 20.8. The lowest BCUT2D eigenvalue weighted by molar-refractivity contribution is -0.139. The second kappa shape index (κ2) is 14.6. The summed E-state index contributed by atoms with van der Waals surface area (Å²) in [5, 5.41) is 12.3. The van der Waals surface area contributed by atoms with Gasteiger partial charge in [-0.15, -0.1) is 0 Å². The summed E-state index contributed by atoms with van der Waals surface area (Å²) in [6.07, 6.45) is 13.8. The zero-order chi connectivity index (χ0) is 30.3. The molecule has 42 heavy (non-hydrogen) atoms. The highest BCUT2D eigenvalue weighted by molar-refractivity contribution is 7.90. The highest BCUT2D eigenvalue weighted by atomic mass is 32.2. The highest BCUT2D eigenvalue weighted by Gasteiger charge is 2.34. The molecule has 4 rings (SSSR count). The number of aryl methyl sites for hydroxylation is 1. The largest absolute Gasteiger partial charge is 0.480 e. The number of sulfone groups is 1. The van der Waals surface area contributed by atoms with Crippen LogP contribution in [0.5, 0.6) is 0 Å². The van der Waals surface area contributed by atoms with Crippen molar-refractivity contribution in [1.29, 1.82) is 0 Å². The second-order valence-electron chi connectivity index (χ2n) is 12.6. The van der Waals surface area contributed by atoms with E-state index in [4.69, 9.17) is 0 Å². The van der Waals surface area contributed by atoms with E-state index in [0.29, 0.717) is 17.6 Å². The van der Waals surface area contributed by atoms with Crippen LogP contribution in [0, 0.1) is 12.8 Å². The van der Waals surface area contributed by atoms with Gasteiger partial charge in [0.05, 0.1) is 5.75 Å². The molecule has 230 valence electrons. The van der Waals surface area contributed by atoms with Crippen LogP contribution in [0.3, 0.4) is 0 Å². The predicted octanol–water partition coefficient (Wildman–Crippen LogP) is 6.38. The maximum atomic E-state index is 13.5. The van der Waals surface area contributed by atoms with Crippen molar-refractivity contribution in [2.45, 2.75) is 109 Å². The van der Waals surface area contributed by atoms with Crippen molar-refractivity contribution < 1.29 is 23.1 Å². The molecule has 1 saturated heterocycles. The molecule has 2 aliphatic rings. The van der Waals surface area contributed by atoms with Gasteiger partial charge in [-0.2, -0.15) is 0 Å². The van der Waals surface area contributed by atoms with Gasteiger partial charge in [-0.1, -0.05) is 75.8 Å².